The quantitative estimate of drug-likeness (QED) is 0.844. The smallest absolute Gasteiger partial charge is 0.0535 e. The molecule has 1 fully saturated rings. The van der Waals surface area contributed by atoms with Crippen LogP contribution < -0.4 is 5.32 Å². The molecule has 1 nitrogen and oxygen atoms in total. The molecule has 1 aromatic heterocycles. The molecular weight excluding hydrogens is 222 g/mol. The van der Waals surface area contributed by atoms with Crippen molar-refractivity contribution in [1.82, 2.24) is 5.32 Å². The van der Waals surface area contributed by atoms with E-state index in [9.17, 15) is 0 Å². The summed E-state index contributed by atoms with van der Waals surface area (Å²) in [5.41, 5.74) is 0. The third kappa shape index (κ3) is 2.99. The Labute approximate surface area is 101 Å². The van der Waals surface area contributed by atoms with Crippen LogP contribution in [0, 0.1) is 0 Å². The number of hydrogen-bond donors (Lipinski definition) is 1. The number of hydrogen-bond acceptors (Lipinski definition) is 3. The highest BCUT2D eigenvalue weighted by Crippen LogP contribution is 2.37. The normalized spacial score (nSPS) is 23.1. The topological polar surface area (TPSA) is 12.0 Å². The highest BCUT2D eigenvalue weighted by Gasteiger charge is 2.26. The minimum Gasteiger partial charge on any atom is -0.308 e. The molecule has 1 aliphatic rings. The van der Waals surface area contributed by atoms with E-state index in [4.69, 9.17) is 0 Å². The molecule has 1 aliphatic heterocycles. The Bertz CT molecular complexity index is 265. The predicted molar refractivity (Wildman–Crippen MR) is 70.8 cm³/mol. The SMILES string of the molecule is CCCNC(c1cccs1)C1CCCS1. The molecule has 0 spiro atoms. The lowest BCUT2D eigenvalue weighted by Gasteiger charge is -2.23. The van der Waals surface area contributed by atoms with Gasteiger partial charge in [-0.1, -0.05) is 13.0 Å². The number of nitrogens with one attached hydrogen (secondary N) is 1. The molecule has 2 heterocycles. The fraction of sp³-hybridized carbons (Fsp3) is 0.667. The molecule has 0 aliphatic carbocycles. The minimum absolute atomic E-state index is 0.595. The van der Waals surface area contributed by atoms with Crippen LogP contribution in [0.25, 0.3) is 0 Å². The van der Waals surface area contributed by atoms with Crippen LogP contribution in [0.3, 0.4) is 0 Å². The van der Waals surface area contributed by atoms with Crippen LogP contribution in [0.2, 0.25) is 0 Å². The van der Waals surface area contributed by atoms with E-state index in [0.717, 1.165) is 11.8 Å². The van der Waals surface area contributed by atoms with Gasteiger partial charge in [-0.2, -0.15) is 11.8 Å². The van der Waals surface area contributed by atoms with Gasteiger partial charge in [-0.15, -0.1) is 11.3 Å². The number of thiophene rings is 1. The Morgan fingerprint density at radius 1 is 1.60 bits per heavy atom. The average Bonchev–Trinajstić information content (AvgIpc) is 2.90. The molecule has 0 saturated carbocycles. The van der Waals surface area contributed by atoms with E-state index in [1.54, 1.807) is 0 Å². The molecule has 0 bridgehead atoms. The predicted octanol–water partition coefficient (Wildman–Crippen LogP) is 3.68. The van der Waals surface area contributed by atoms with Crippen molar-refractivity contribution in [3.63, 3.8) is 0 Å². The second kappa shape index (κ2) is 5.92. The van der Waals surface area contributed by atoms with Crippen molar-refractivity contribution in [2.45, 2.75) is 37.5 Å². The molecule has 2 unspecified atom stereocenters. The second-order valence-electron chi connectivity index (χ2n) is 4.00. The Hall–Kier alpha value is 0.01000. The Balaban J connectivity index is 2.01. The Morgan fingerprint density at radius 2 is 2.53 bits per heavy atom. The van der Waals surface area contributed by atoms with Crippen LogP contribution in [-0.4, -0.2) is 17.5 Å². The van der Waals surface area contributed by atoms with Crippen LogP contribution in [0.5, 0.6) is 0 Å². The van der Waals surface area contributed by atoms with Crippen LogP contribution in [0.4, 0.5) is 0 Å². The van der Waals surface area contributed by atoms with Gasteiger partial charge in [0.25, 0.3) is 0 Å². The first-order valence-corrected chi connectivity index (χ1v) is 7.73. The minimum atomic E-state index is 0.595. The maximum Gasteiger partial charge on any atom is 0.0535 e. The zero-order chi connectivity index (χ0) is 10.5. The summed E-state index contributed by atoms with van der Waals surface area (Å²) >= 11 is 4.04. The first-order valence-electron chi connectivity index (χ1n) is 5.80. The van der Waals surface area contributed by atoms with E-state index in [1.807, 2.05) is 11.3 Å². The maximum absolute atomic E-state index is 3.70. The Kier molecular flexibility index (Phi) is 4.54. The lowest BCUT2D eigenvalue weighted by molar-refractivity contribution is 0.510. The fourth-order valence-corrected chi connectivity index (χ4v) is 4.41. The van der Waals surface area contributed by atoms with Gasteiger partial charge in [0.15, 0.2) is 0 Å². The van der Waals surface area contributed by atoms with Crippen molar-refractivity contribution in [3.05, 3.63) is 22.4 Å². The van der Waals surface area contributed by atoms with Gasteiger partial charge >= 0.3 is 0 Å². The summed E-state index contributed by atoms with van der Waals surface area (Å²) in [7, 11) is 0. The zero-order valence-electron chi connectivity index (χ0n) is 9.24. The first-order chi connectivity index (χ1) is 7.42. The molecule has 2 rings (SSSR count). The van der Waals surface area contributed by atoms with Crippen LogP contribution >= 0.6 is 23.1 Å². The van der Waals surface area contributed by atoms with Crippen molar-refractivity contribution in [2.75, 3.05) is 12.3 Å². The van der Waals surface area contributed by atoms with Gasteiger partial charge in [0, 0.05) is 10.1 Å². The monoisotopic (exact) mass is 241 g/mol. The summed E-state index contributed by atoms with van der Waals surface area (Å²) in [5, 5.41) is 6.69. The van der Waals surface area contributed by atoms with Crippen LogP contribution in [0.15, 0.2) is 17.5 Å². The van der Waals surface area contributed by atoms with E-state index in [-0.39, 0.29) is 0 Å². The summed E-state index contributed by atoms with van der Waals surface area (Å²) in [6, 6.07) is 5.04. The molecule has 15 heavy (non-hydrogen) atoms. The van der Waals surface area contributed by atoms with E-state index in [0.29, 0.717) is 6.04 Å². The molecule has 0 amide bonds. The number of rotatable bonds is 5. The summed E-state index contributed by atoms with van der Waals surface area (Å²) in [6.07, 6.45) is 3.99. The van der Waals surface area contributed by atoms with Crippen molar-refractivity contribution >= 4 is 23.1 Å². The summed E-state index contributed by atoms with van der Waals surface area (Å²) in [5.74, 6) is 1.35. The molecule has 0 radical (unpaired) electrons. The van der Waals surface area contributed by atoms with E-state index < -0.39 is 0 Å². The summed E-state index contributed by atoms with van der Waals surface area (Å²) < 4.78 is 0. The van der Waals surface area contributed by atoms with Crippen molar-refractivity contribution in [3.8, 4) is 0 Å². The second-order valence-corrected chi connectivity index (χ2v) is 6.33. The first kappa shape index (κ1) is 11.5. The standard InChI is InChI=1S/C12H19NS2/c1-2-7-13-12(10-5-3-8-14-10)11-6-4-9-15-11/h3,5,8,11-13H,2,4,6-7,9H2,1H3. The van der Waals surface area contributed by atoms with Crippen molar-refractivity contribution < 1.29 is 0 Å². The van der Waals surface area contributed by atoms with Gasteiger partial charge in [-0.05, 0) is 43.0 Å². The third-order valence-corrected chi connectivity index (χ3v) is 5.22. The largest absolute Gasteiger partial charge is 0.308 e. The van der Waals surface area contributed by atoms with E-state index in [2.05, 4.69) is 41.5 Å². The van der Waals surface area contributed by atoms with Gasteiger partial charge in [0.1, 0.15) is 0 Å². The highest BCUT2D eigenvalue weighted by atomic mass is 32.2. The molecule has 1 N–H and O–H groups in total. The van der Waals surface area contributed by atoms with E-state index >= 15 is 0 Å². The molecule has 84 valence electrons. The summed E-state index contributed by atoms with van der Waals surface area (Å²) in [4.78, 5) is 1.52. The molecule has 2 atom stereocenters. The fourth-order valence-electron chi connectivity index (χ4n) is 2.05. The van der Waals surface area contributed by atoms with Crippen molar-refractivity contribution in [1.29, 1.82) is 0 Å². The Morgan fingerprint density at radius 3 is 3.13 bits per heavy atom. The van der Waals surface area contributed by atoms with Crippen LogP contribution in [-0.2, 0) is 0 Å². The average molecular weight is 241 g/mol. The van der Waals surface area contributed by atoms with Gasteiger partial charge < -0.3 is 5.32 Å². The van der Waals surface area contributed by atoms with Gasteiger partial charge in [-0.25, -0.2) is 0 Å². The van der Waals surface area contributed by atoms with Crippen molar-refractivity contribution in [2.24, 2.45) is 0 Å². The molecule has 3 heteroatoms. The number of thioether (sulfide) groups is 1. The molecule has 1 aromatic rings. The third-order valence-electron chi connectivity index (χ3n) is 2.80. The summed E-state index contributed by atoms with van der Waals surface area (Å²) in [6.45, 7) is 3.37. The van der Waals surface area contributed by atoms with Gasteiger partial charge in [-0.3, -0.25) is 0 Å². The lowest BCUT2D eigenvalue weighted by Crippen LogP contribution is -2.28. The maximum atomic E-state index is 3.70. The highest BCUT2D eigenvalue weighted by molar-refractivity contribution is 8.00. The van der Waals surface area contributed by atoms with Crippen LogP contribution in [0.1, 0.15) is 37.1 Å². The van der Waals surface area contributed by atoms with E-state index in [1.165, 1.54) is 29.9 Å². The zero-order valence-corrected chi connectivity index (χ0v) is 10.9. The van der Waals surface area contributed by atoms with Gasteiger partial charge in [0.2, 0.25) is 0 Å². The van der Waals surface area contributed by atoms with Gasteiger partial charge in [0.05, 0.1) is 6.04 Å². The molecule has 1 saturated heterocycles. The molecule has 0 aromatic carbocycles. The molecular formula is C12H19NS2. The lowest BCUT2D eigenvalue weighted by atomic mass is 10.1.